The molecule has 2 N–H and O–H groups in total. The van der Waals surface area contributed by atoms with Gasteiger partial charge < -0.3 is 15.3 Å². The number of amides is 2. The summed E-state index contributed by atoms with van der Waals surface area (Å²) in [6.45, 7) is 5.93. The standard InChI is InChI=1S/C10H18N2O4/c1-4-12(5-2)8(13)6-11-9(14)7(3)10(15)16/h7H,4-6H2,1-3H3,(H,11,14)(H,15,16). The Labute approximate surface area is 94.6 Å². The van der Waals surface area contributed by atoms with E-state index >= 15 is 0 Å². The Morgan fingerprint density at radius 3 is 2.12 bits per heavy atom. The molecule has 0 saturated heterocycles. The highest BCUT2D eigenvalue weighted by Gasteiger charge is 2.21. The van der Waals surface area contributed by atoms with Crippen molar-refractivity contribution in [3.8, 4) is 0 Å². The van der Waals surface area contributed by atoms with Gasteiger partial charge in [0, 0.05) is 13.1 Å². The molecule has 0 spiro atoms. The van der Waals surface area contributed by atoms with Gasteiger partial charge in [-0.25, -0.2) is 0 Å². The molecule has 0 rings (SSSR count). The number of likely N-dealkylation sites (N-methyl/N-ethyl adjacent to an activating group) is 1. The van der Waals surface area contributed by atoms with Crippen molar-refractivity contribution in [2.24, 2.45) is 5.92 Å². The zero-order valence-corrected chi connectivity index (χ0v) is 9.82. The van der Waals surface area contributed by atoms with E-state index in [-0.39, 0.29) is 12.5 Å². The average molecular weight is 230 g/mol. The lowest BCUT2D eigenvalue weighted by Crippen LogP contribution is -2.42. The van der Waals surface area contributed by atoms with E-state index in [1.54, 1.807) is 4.90 Å². The first kappa shape index (κ1) is 14.4. The van der Waals surface area contributed by atoms with Crippen molar-refractivity contribution in [1.82, 2.24) is 10.2 Å². The molecular formula is C10H18N2O4. The van der Waals surface area contributed by atoms with Crippen LogP contribution in [0.25, 0.3) is 0 Å². The molecule has 0 saturated carbocycles. The van der Waals surface area contributed by atoms with Gasteiger partial charge in [-0.1, -0.05) is 0 Å². The zero-order valence-electron chi connectivity index (χ0n) is 9.82. The minimum Gasteiger partial charge on any atom is -0.481 e. The summed E-state index contributed by atoms with van der Waals surface area (Å²) < 4.78 is 0. The molecule has 0 fully saturated rings. The van der Waals surface area contributed by atoms with Gasteiger partial charge >= 0.3 is 5.97 Å². The Morgan fingerprint density at radius 1 is 1.25 bits per heavy atom. The zero-order chi connectivity index (χ0) is 12.7. The molecule has 0 aliphatic carbocycles. The molecule has 0 bridgehead atoms. The minimum atomic E-state index is -1.20. The van der Waals surface area contributed by atoms with Crippen molar-refractivity contribution in [2.45, 2.75) is 20.8 Å². The highest BCUT2D eigenvalue weighted by Crippen LogP contribution is 1.94. The van der Waals surface area contributed by atoms with E-state index in [4.69, 9.17) is 5.11 Å². The smallest absolute Gasteiger partial charge is 0.315 e. The van der Waals surface area contributed by atoms with E-state index < -0.39 is 17.8 Å². The third kappa shape index (κ3) is 4.29. The SMILES string of the molecule is CCN(CC)C(=O)CNC(=O)C(C)C(=O)O. The van der Waals surface area contributed by atoms with Gasteiger partial charge in [-0.2, -0.15) is 0 Å². The van der Waals surface area contributed by atoms with Crippen LogP contribution in [0, 0.1) is 5.92 Å². The molecule has 2 amide bonds. The number of aliphatic carboxylic acids is 1. The Balaban J connectivity index is 4.10. The molecule has 16 heavy (non-hydrogen) atoms. The number of carbonyl (C=O) groups excluding carboxylic acids is 2. The van der Waals surface area contributed by atoms with E-state index in [0.29, 0.717) is 13.1 Å². The van der Waals surface area contributed by atoms with Crippen LogP contribution in [0.15, 0.2) is 0 Å². The van der Waals surface area contributed by atoms with Gasteiger partial charge in [0.2, 0.25) is 11.8 Å². The van der Waals surface area contributed by atoms with Crippen molar-refractivity contribution < 1.29 is 19.5 Å². The second kappa shape index (κ2) is 6.81. The first-order valence-corrected chi connectivity index (χ1v) is 5.22. The second-order valence-electron chi connectivity index (χ2n) is 3.34. The number of carboxylic acid groups (broad SMARTS) is 1. The van der Waals surface area contributed by atoms with E-state index in [1.165, 1.54) is 6.92 Å². The maximum absolute atomic E-state index is 11.5. The summed E-state index contributed by atoms with van der Waals surface area (Å²) in [5, 5.41) is 10.9. The number of nitrogens with one attached hydrogen (secondary N) is 1. The summed E-state index contributed by atoms with van der Waals surface area (Å²) in [7, 11) is 0. The van der Waals surface area contributed by atoms with Crippen molar-refractivity contribution in [1.29, 1.82) is 0 Å². The Bertz CT molecular complexity index is 274. The van der Waals surface area contributed by atoms with Gasteiger partial charge in [-0.05, 0) is 20.8 Å². The Hall–Kier alpha value is -1.59. The van der Waals surface area contributed by atoms with Crippen molar-refractivity contribution in [2.75, 3.05) is 19.6 Å². The van der Waals surface area contributed by atoms with Gasteiger partial charge in [0.25, 0.3) is 0 Å². The summed E-state index contributed by atoms with van der Waals surface area (Å²) in [5.41, 5.74) is 0. The predicted octanol–water partition coefficient (Wildman–Crippen LogP) is -0.308. The van der Waals surface area contributed by atoms with Gasteiger partial charge in [-0.15, -0.1) is 0 Å². The molecule has 0 aromatic heterocycles. The lowest BCUT2D eigenvalue weighted by Gasteiger charge is -2.19. The monoisotopic (exact) mass is 230 g/mol. The highest BCUT2D eigenvalue weighted by molar-refractivity contribution is 5.97. The predicted molar refractivity (Wildman–Crippen MR) is 57.7 cm³/mol. The molecule has 0 aromatic rings. The molecule has 6 nitrogen and oxygen atoms in total. The molecule has 0 aliphatic heterocycles. The van der Waals surface area contributed by atoms with Crippen molar-refractivity contribution in [3.63, 3.8) is 0 Å². The molecule has 0 aromatic carbocycles. The van der Waals surface area contributed by atoms with E-state index in [0.717, 1.165) is 0 Å². The number of nitrogens with zero attached hydrogens (tertiary/aromatic N) is 1. The summed E-state index contributed by atoms with van der Waals surface area (Å²) in [6.07, 6.45) is 0. The third-order valence-electron chi connectivity index (χ3n) is 2.29. The quantitative estimate of drug-likeness (QED) is 0.613. The topological polar surface area (TPSA) is 86.7 Å². The van der Waals surface area contributed by atoms with E-state index in [9.17, 15) is 14.4 Å². The lowest BCUT2D eigenvalue weighted by molar-refractivity contribution is -0.147. The molecular weight excluding hydrogens is 212 g/mol. The van der Waals surface area contributed by atoms with Gasteiger partial charge in [0.1, 0.15) is 5.92 Å². The van der Waals surface area contributed by atoms with Crippen LogP contribution in [0.3, 0.4) is 0 Å². The fourth-order valence-corrected chi connectivity index (χ4v) is 1.12. The van der Waals surface area contributed by atoms with Crippen molar-refractivity contribution in [3.05, 3.63) is 0 Å². The van der Waals surface area contributed by atoms with Crippen LogP contribution in [0.1, 0.15) is 20.8 Å². The Kier molecular flexibility index (Phi) is 6.14. The molecule has 0 aliphatic rings. The van der Waals surface area contributed by atoms with Gasteiger partial charge in [-0.3, -0.25) is 14.4 Å². The maximum Gasteiger partial charge on any atom is 0.315 e. The average Bonchev–Trinajstić information content (AvgIpc) is 2.26. The van der Waals surface area contributed by atoms with Crippen LogP contribution >= 0.6 is 0 Å². The number of carbonyl (C=O) groups is 3. The first-order chi connectivity index (χ1) is 7.43. The third-order valence-corrected chi connectivity index (χ3v) is 2.29. The molecule has 6 heteroatoms. The lowest BCUT2D eigenvalue weighted by atomic mass is 10.2. The number of hydrogen-bond acceptors (Lipinski definition) is 3. The van der Waals surface area contributed by atoms with Crippen LogP contribution in [0.5, 0.6) is 0 Å². The summed E-state index contributed by atoms with van der Waals surface area (Å²) in [6, 6.07) is 0. The fourth-order valence-electron chi connectivity index (χ4n) is 1.12. The summed E-state index contributed by atoms with van der Waals surface area (Å²) in [4.78, 5) is 34.7. The maximum atomic E-state index is 11.5. The summed E-state index contributed by atoms with van der Waals surface area (Å²) >= 11 is 0. The first-order valence-electron chi connectivity index (χ1n) is 5.22. The fraction of sp³-hybridized carbons (Fsp3) is 0.700. The number of rotatable bonds is 6. The number of hydrogen-bond donors (Lipinski definition) is 2. The molecule has 0 radical (unpaired) electrons. The normalized spacial score (nSPS) is 11.7. The number of carboxylic acids is 1. The van der Waals surface area contributed by atoms with Gasteiger partial charge in [0.15, 0.2) is 0 Å². The Morgan fingerprint density at radius 2 is 1.75 bits per heavy atom. The molecule has 92 valence electrons. The second-order valence-corrected chi connectivity index (χ2v) is 3.34. The van der Waals surface area contributed by atoms with Crippen LogP contribution < -0.4 is 5.32 Å². The van der Waals surface area contributed by atoms with E-state index in [2.05, 4.69) is 5.32 Å². The molecule has 1 unspecified atom stereocenters. The van der Waals surface area contributed by atoms with Crippen LogP contribution in [0.2, 0.25) is 0 Å². The minimum absolute atomic E-state index is 0.155. The highest BCUT2D eigenvalue weighted by atomic mass is 16.4. The largest absolute Gasteiger partial charge is 0.481 e. The van der Waals surface area contributed by atoms with Crippen LogP contribution in [-0.4, -0.2) is 47.4 Å². The molecule has 0 heterocycles. The van der Waals surface area contributed by atoms with Crippen molar-refractivity contribution >= 4 is 17.8 Å². The molecule has 1 atom stereocenters. The summed E-state index contributed by atoms with van der Waals surface area (Å²) in [5.74, 6) is -3.19. The van der Waals surface area contributed by atoms with Crippen LogP contribution in [-0.2, 0) is 14.4 Å². The van der Waals surface area contributed by atoms with E-state index in [1.807, 2.05) is 13.8 Å². The van der Waals surface area contributed by atoms with Crippen LogP contribution in [0.4, 0.5) is 0 Å². The van der Waals surface area contributed by atoms with Gasteiger partial charge in [0.05, 0.1) is 6.54 Å².